The first-order valence-electron chi connectivity index (χ1n) is 7.94. The topological polar surface area (TPSA) is 82.6 Å². The highest BCUT2D eigenvalue weighted by Crippen LogP contribution is 2.36. The molecule has 4 rings (SSSR count). The van der Waals surface area contributed by atoms with Crippen molar-refractivity contribution in [2.45, 2.75) is 26.4 Å². The van der Waals surface area contributed by atoms with Crippen LogP contribution in [0, 0.1) is 0 Å². The Bertz CT molecular complexity index is 902. The molecule has 0 saturated heterocycles. The monoisotopic (exact) mass is 356 g/mol. The molecule has 0 N–H and O–H groups in total. The number of pyridine rings is 1. The molecule has 0 atom stereocenters. The fourth-order valence-electron chi connectivity index (χ4n) is 2.30. The van der Waals surface area contributed by atoms with Gasteiger partial charge in [-0.2, -0.15) is 0 Å². The molecule has 3 aromatic rings. The maximum atomic E-state index is 5.76. The van der Waals surface area contributed by atoms with Crippen LogP contribution in [0.2, 0.25) is 0 Å². The van der Waals surface area contributed by atoms with Gasteiger partial charge in [0.05, 0.1) is 12.8 Å². The van der Waals surface area contributed by atoms with E-state index in [-0.39, 0.29) is 6.10 Å². The van der Waals surface area contributed by atoms with Crippen molar-refractivity contribution < 1.29 is 14.0 Å². The molecule has 1 aliphatic rings. The average molecular weight is 356 g/mol. The molecular formula is C17H16N4O3S. The molecule has 0 spiro atoms. The number of thiazole rings is 1. The van der Waals surface area contributed by atoms with E-state index in [1.807, 2.05) is 26.0 Å². The van der Waals surface area contributed by atoms with Gasteiger partial charge < -0.3 is 14.0 Å². The summed E-state index contributed by atoms with van der Waals surface area (Å²) in [6.07, 6.45) is 5.90. The number of rotatable bonds is 4. The summed E-state index contributed by atoms with van der Waals surface area (Å²) in [5.41, 5.74) is 2.29. The van der Waals surface area contributed by atoms with Gasteiger partial charge >= 0.3 is 5.95 Å². The van der Waals surface area contributed by atoms with Crippen molar-refractivity contribution in [1.29, 1.82) is 0 Å². The summed E-state index contributed by atoms with van der Waals surface area (Å²) in [7, 11) is 0. The van der Waals surface area contributed by atoms with E-state index in [1.54, 1.807) is 18.6 Å². The third-order valence-electron chi connectivity index (χ3n) is 3.44. The van der Waals surface area contributed by atoms with E-state index in [9.17, 15) is 0 Å². The van der Waals surface area contributed by atoms with E-state index in [0.717, 1.165) is 21.2 Å². The van der Waals surface area contributed by atoms with Gasteiger partial charge in [0, 0.05) is 24.4 Å². The van der Waals surface area contributed by atoms with E-state index < -0.39 is 0 Å². The molecule has 3 aromatic heterocycles. The molecule has 0 radical (unpaired) electrons. The maximum Gasteiger partial charge on any atom is 0.315 e. The van der Waals surface area contributed by atoms with Crippen LogP contribution in [0.1, 0.15) is 26.0 Å². The summed E-state index contributed by atoms with van der Waals surface area (Å²) >= 11 is 1.49. The second kappa shape index (κ2) is 6.64. The van der Waals surface area contributed by atoms with Gasteiger partial charge in [-0.05, 0) is 26.0 Å². The van der Waals surface area contributed by atoms with E-state index in [2.05, 4.69) is 20.1 Å². The van der Waals surface area contributed by atoms with Gasteiger partial charge in [0.2, 0.25) is 5.89 Å². The highest BCUT2D eigenvalue weighted by atomic mass is 32.1. The Hall–Kier alpha value is -2.74. The zero-order valence-corrected chi connectivity index (χ0v) is 14.6. The first kappa shape index (κ1) is 15.8. The Labute approximate surface area is 148 Å². The summed E-state index contributed by atoms with van der Waals surface area (Å²) in [6, 6.07) is 3.85. The van der Waals surface area contributed by atoms with Crippen LogP contribution >= 0.6 is 11.3 Å². The predicted molar refractivity (Wildman–Crippen MR) is 93.7 cm³/mol. The van der Waals surface area contributed by atoms with Crippen LogP contribution < -0.4 is 4.74 Å². The van der Waals surface area contributed by atoms with Crippen LogP contribution in [0.5, 0.6) is 5.95 Å². The molecule has 0 aromatic carbocycles. The van der Waals surface area contributed by atoms with Crippen LogP contribution in [0.25, 0.3) is 21.3 Å². The molecule has 1 aliphatic heterocycles. The number of nitrogens with zero attached hydrogens (tertiary/aromatic N) is 4. The quantitative estimate of drug-likeness (QED) is 0.662. The largest absolute Gasteiger partial charge is 0.463 e. The van der Waals surface area contributed by atoms with Crippen molar-refractivity contribution in [2.75, 3.05) is 6.61 Å². The van der Waals surface area contributed by atoms with E-state index in [4.69, 9.17) is 14.0 Å². The van der Waals surface area contributed by atoms with Gasteiger partial charge in [0.25, 0.3) is 0 Å². The molecule has 25 heavy (non-hydrogen) atoms. The van der Waals surface area contributed by atoms with Crippen LogP contribution in [0.4, 0.5) is 0 Å². The predicted octanol–water partition coefficient (Wildman–Crippen LogP) is 3.77. The zero-order chi connectivity index (χ0) is 17.2. The molecule has 0 unspecified atom stereocenters. The lowest BCUT2D eigenvalue weighted by Crippen LogP contribution is -2.16. The van der Waals surface area contributed by atoms with E-state index >= 15 is 0 Å². The lowest BCUT2D eigenvalue weighted by molar-refractivity contribution is 0.0846. The minimum Gasteiger partial charge on any atom is -0.463 e. The fraction of sp³-hybridized carbons (Fsp3) is 0.294. The van der Waals surface area contributed by atoms with Gasteiger partial charge in [0.15, 0.2) is 5.69 Å². The first-order chi connectivity index (χ1) is 12.2. The first-order valence-corrected chi connectivity index (χ1v) is 8.75. The maximum absolute atomic E-state index is 5.76. The molecule has 0 amide bonds. The fourth-order valence-corrected chi connectivity index (χ4v) is 3.14. The SMILES string of the molecule is CC(C)ON=C1CCOc2oc(-c3cnc(-c4cccnc4)s3)nc21. The van der Waals surface area contributed by atoms with Gasteiger partial charge in [0.1, 0.15) is 21.7 Å². The molecule has 128 valence electrons. The number of oxime groups is 1. The summed E-state index contributed by atoms with van der Waals surface area (Å²) in [6.45, 7) is 4.34. The van der Waals surface area contributed by atoms with Crippen molar-refractivity contribution in [1.82, 2.24) is 15.0 Å². The Kier molecular flexibility index (Phi) is 4.19. The minimum absolute atomic E-state index is 0.00806. The van der Waals surface area contributed by atoms with E-state index in [1.165, 1.54) is 11.3 Å². The number of ether oxygens (including phenoxy) is 1. The summed E-state index contributed by atoms with van der Waals surface area (Å²) in [4.78, 5) is 19.3. The van der Waals surface area contributed by atoms with Gasteiger partial charge in [-0.1, -0.05) is 5.16 Å². The zero-order valence-electron chi connectivity index (χ0n) is 13.8. The lowest BCUT2D eigenvalue weighted by atomic mass is 10.2. The summed E-state index contributed by atoms with van der Waals surface area (Å²) in [5.74, 6) is 0.848. The normalized spacial score (nSPS) is 15.2. The lowest BCUT2D eigenvalue weighted by Gasteiger charge is -2.12. The highest BCUT2D eigenvalue weighted by molar-refractivity contribution is 7.18. The average Bonchev–Trinajstić information content (AvgIpc) is 3.27. The second-order valence-electron chi connectivity index (χ2n) is 5.72. The molecule has 4 heterocycles. The number of oxazole rings is 1. The smallest absolute Gasteiger partial charge is 0.315 e. The van der Waals surface area contributed by atoms with Gasteiger partial charge in [-0.3, -0.25) is 4.98 Å². The Balaban J connectivity index is 1.65. The number of aromatic nitrogens is 3. The molecule has 0 aliphatic carbocycles. The van der Waals surface area contributed by atoms with E-state index in [0.29, 0.717) is 30.6 Å². The Morgan fingerprint density at radius 2 is 2.24 bits per heavy atom. The molecule has 0 saturated carbocycles. The van der Waals surface area contributed by atoms with Gasteiger partial charge in [-0.25, -0.2) is 9.97 Å². The summed E-state index contributed by atoms with van der Waals surface area (Å²) in [5, 5.41) is 5.04. The third-order valence-corrected chi connectivity index (χ3v) is 4.47. The van der Waals surface area contributed by atoms with Gasteiger partial charge in [-0.15, -0.1) is 11.3 Å². The van der Waals surface area contributed by atoms with Crippen molar-refractivity contribution in [3.05, 3.63) is 36.4 Å². The minimum atomic E-state index is 0.00806. The van der Waals surface area contributed by atoms with Crippen LogP contribution in [-0.2, 0) is 4.84 Å². The molecule has 0 fully saturated rings. The van der Waals surface area contributed by atoms with Crippen molar-refractivity contribution in [2.24, 2.45) is 5.16 Å². The number of hydrogen-bond acceptors (Lipinski definition) is 8. The molecule has 7 nitrogen and oxygen atoms in total. The van der Waals surface area contributed by atoms with Crippen molar-refractivity contribution in [3.63, 3.8) is 0 Å². The van der Waals surface area contributed by atoms with Crippen molar-refractivity contribution >= 4 is 17.0 Å². The highest BCUT2D eigenvalue weighted by Gasteiger charge is 2.26. The Morgan fingerprint density at radius 1 is 1.32 bits per heavy atom. The molecule has 0 bridgehead atoms. The molecular weight excluding hydrogens is 340 g/mol. The van der Waals surface area contributed by atoms with Crippen LogP contribution in [0.3, 0.4) is 0 Å². The standard InChI is InChI=1S/C17H16N4O3S/c1-10(2)24-21-12-5-7-22-17-14(12)20-15(23-17)13-9-19-16(25-13)11-4-3-6-18-8-11/h3-4,6,8-10H,5,7H2,1-2H3. The Morgan fingerprint density at radius 3 is 3.04 bits per heavy atom. The van der Waals surface area contributed by atoms with Crippen molar-refractivity contribution in [3.8, 4) is 27.3 Å². The molecule has 8 heteroatoms. The second-order valence-corrected chi connectivity index (χ2v) is 6.75. The summed E-state index contributed by atoms with van der Waals surface area (Å²) < 4.78 is 11.3. The van der Waals surface area contributed by atoms with Crippen LogP contribution in [0.15, 0.2) is 40.3 Å². The van der Waals surface area contributed by atoms with Crippen LogP contribution in [-0.4, -0.2) is 33.4 Å². The third kappa shape index (κ3) is 3.25. The number of hydrogen-bond donors (Lipinski definition) is 0. The number of fused-ring (bicyclic) bond motifs is 1.